The number of hydrogen-bond acceptors (Lipinski definition) is 4. The van der Waals surface area contributed by atoms with E-state index in [2.05, 4.69) is 24.1 Å². The van der Waals surface area contributed by atoms with E-state index < -0.39 is 9.84 Å². The molecule has 0 fully saturated rings. The molecule has 0 heterocycles. The summed E-state index contributed by atoms with van der Waals surface area (Å²) in [6.07, 6.45) is 3.49. The van der Waals surface area contributed by atoms with Crippen LogP contribution in [0.25, 0.3) is 0 Å². The monoisotopic (exact) mass is 250 g/mol. The van der Waals surface area contributed by atoms with E-state index in [1.807, 2.05) is 7.05 Å². The van der Waals surface area contributed by atoms with Gasteiger partial charge in [0.1, 0.15) is 9.84 Å². The van der Waals surface area contributed by atoms with Crippen molar-refractivity contribution in [1.29, 1.82) is 0 Å². The summed E-state index contributed by atoms with van der Waals surface area (Å²) in [6, 6.07) is 0.463. The highest BCUT2D eigenvalue weighted by molar-refractivity contribution is 7.90. The van der Waals surface area contributed by atoms with E-state index in [-0.39, 0.29) is 5.75 Å². The first-order chi connectivity index (χ1) is 7.39. The average Bonchev–Trinajstić information content (AvgIpc) is 2.20. The van der Waals surface area contributed by atoms with Gasteiger partial charge in [-0.15, -0.1) is 0 Å². The Kier molecular flexibility index (Phi) is 7.97. The van der Waals surface area contributed by atoms with Crippen LogP contribution in [0.5, 0.6) is 0 Å². The molecule has 0 amide bonds. The molecule has 0 aliphatic rings. The minimum absolute atomic E-state index is 0.244. The van der Waals surface area contributed by atoms with Gasteiger partial charge in [0, 0.05) is 25.4 Å². The Morgan fingerprint density at radius 1 is 1.31 bits per heavy atom. The van der Waals surface area contributed by atoms with E-state index in [1.54, 1.807) is 0 Å². The summed E-state index contributed by atoms with van der Waals surface area (Å²) >= 11 is 0. The zero-order valence-electron chi connectivity index (χ0n) is 11.0. The number of sulfone groups is 1. The topological polar surface area (TPSA) is 49.4 Å². The van der Waals surface area contributed by atoms with Gasteiger partial charge in [0.25, 0.3) is 0 Å². The van der Waals surface area contributed by atoms with Crippen LogP contribution < -0.4 is 5.32 Å². The number of likely N-dealkylation sites (N-methyl/N-ethyl adjacent to an activating group) is 1. The van der Waals surface area contributed by atoms with Crippen molar-refractivity contribution >= 4 is 9.84 Å². The third-order valence-electron chi connectivity index (χ3n) is 2.55. The second kappa shape index (κ2) is 8.03. The summed E-state index contributed by atoms with van der Waals surface area (Å²) in [7, 11) is -0.867. The van der Waals surface area contributed by atoms with Crippen molar-refractivity contribution in [1.82, 2.24) is 10.2 Å². The van der Waals surface area contributed by atoms with Crippen LogP contribution in [-0.2, 0) is 9.84 Å². The highest BCUT2D eigenvalue weighted by atomic mass is 32.2. The Morgan fingerprint density at radius 3 is 2.38 bits per heavy atom. The lowest BCUT2D eigenvalue weighted by molar-refractivity contribution is 0.297. The molecular weight excluding hydrogens is 224 g/mol. The van der Waals surface area contributed by atoms with E-state index in [1.165, 1.54) is 6.26 Å². The maximum atomic E-state index is 11.0. The summed E-state index contributed by atoms with van der Waals surface area (Å²) in [5.41, 5.74) is 0. The van der Waals surface area contributed by atoms with E-state index in [4.69, 9.17) is 0 Å². The molecule has 0 radical (unpaired) electrons. The smallest absolute Gasteiger partial charge is 0.148 e. The minimum atomic E-state index is -2.84. The summed E-state index contributed by atoms with van der Waals surface area (Å²) in [5, 5.41) is 3.46. The van der Waals surface area contributed by atoms with Gasteiger partial charge in [0.15, 0.2) is 0 Å². The van der Waals surface area contributed by atoms with Gasteiger partial charge < -0.3 is 10.2 Å². The maximum absolute atomic E-state index is 11.0. The molecule has 1 atom stereocenters. The van der Waals surface area contributed by atoms with Crippen LogP contribution in [0.3, 0.4) is 0 Å². The van der Waals surface area contributed by atoms with Crippen molar-refractivity contribution in [2.45, 2.75) is 32.7 Å². The van der Waals surface area contributed by atoms with Crippen molar-refractivity contribution in [2.75, 3.05) is 38.7 Å². The van der Waals surface area contributed by atoms with Crippen molar-refractivity contribution in [2.24, 2.45) is 0 Å². The van der Waals surface area contributed by atoms with Crippen LogP contribution in [0.4, 0.5) is 0 Å². The molecule has 1 unspecified atom stereocenters. The molecular formula is C11H26N2O2S. The van der Waals surface area contributed by atoms with E-state index in [9.17, 15) is 8.42 Å². The minimum Gasteiger partial charge on any atom is -0.313 e. The Bertz CT molecular complexity index is 265. The van der Waals surface area contributed by atoms with Gasteiger partial charge in [-0.25, -0.2) is 8.42 Å². The van der Waals surface area contributed by atoms with E-state index >= 15 is 0 Å². The Balaban J connectivity index is 3.86. The lowest BCUT2D eigenvalue weighted by Gasteiger charge is -2.23. The standard InChI is InChI=1S/C11H26N2O2S/c1-5-7-12-11(6-2)10-13(3)8-9-16(4,14)15/h11-12H,5-10H2,1-4H3. The van der Waals surface area contributed by atoms with Gasteiger partial charge in [-0.05, 0) is 26.4 Å². The molecule has 0 spiro atoms. The van der Waals surface area contributed by atoms with E-state index in [0.717, 1.165) is 25.9 Å². The summed E-state index contributed by atoms with van der Waals surface area (Å²) in [6.45, 7) is 6.85. The zero-order chi connectivity index (χ0) is 12.6. The molecule has 98 valence electrons. The van der Waals surface area contributed by atoms with Crippen LogP contribution in [0, 0.1) is 0 Å². The lowest BCUT2D eigenvalue weighted by atomic mass is 10.2. The van der Waals surface area contributed by atoms with Gasteiger partial charge >= 0.3 is 0 Å². The predicted molar refractivity (Wildman–Crippen MR) is 69.6 cm³/mol. The van der Waals surface area contributed by atoms with Crippen LogP contribution >= 0.6 is 0 Å². The molecule has 0 saturated carbocycles. The van der Waals surface area contributed by atoms with Gasteiger partial charge in [-0.3, -0.25) is 0 Å². The number of rotatable bonds is 9. The SMILES string of the molecule is CCCNC(CC)CN(C)CCS(C)(=O)=O. The van der Waals surface area contributed by atoms with Gasteiger partial charge in [-0.1, -0.05) is 13.8 Å². The second-order valence-corrected chi connectivity index (χ2v) is 6.71. The molecule has 0 aromatic carbocycles. The summed E-state index contributed by atoms with van der Waals surface area (Å²) in [5.74, 6) is 0.244. The number of hydrogen-bond donors (Lipinski definition) is 1. The Labute approximate surface area is 100 Å². The molecule has 0 saturated heterocycles. The molecule has 0 bridgehead atoms. The van der Waals surface area contributed by atoms with Crippen molar-refractivity contribution < 1.29 is 8.42 Å². The predicted octanol–water partition coefficient (Wildman–Crippen LogP) is 0.741. The highest BCUT2D eigenvalue weighted by Gasteiger charge is 2.10. The Morgan fingerprint density at radius 2 is 1.94 bits per heavy atom. The molecule has 16 heavy (non-hydrogen) atoms. The number of nitrogens with one attached hydrogen (secondary N) is 1. The number of nitrogens with zero attached hydrogens (tertiary/aromatic N) is 1. The molecule has 0 aliphatic heterocycles. The molecule has 5 heteroatoms. The normalized spacial score (nSPS) is 14.3. The van der Waals surface area contributed by atoms with Crippen molar-refractivity contribution in [3.05, 3.63) is 0 Å². The fraction of sp³-hybridized carbons (Fsp3) is 1.00. The summed E-state index contributed by atoms with van der Waals surface area (Å²) in [4.78, 5) is 2.08. The first kappa shape index (κ1) is 15.9. The fourth-order valence-electron chi connectivity index (χ4n) is 1.48. The quantitative estimate of drug-likeness (QED) is 0.656. The van der Waals surface area contributed by atoms with Crippen LogP contribution in [0.2, 0.25) is 0 Å². The van der Waals surface area contributed by atoms with Gasteiger partial charge in [0.2, 0.25) is 0 Å². The van der Waals surface area contributed by atoms with Crippen LogP contribution in [0.1, 0.15) is 26.7 Å². The van der Waals surface area contributed by atoms with Gasteiger partial charge in [0.05, 0.1) is 5.75 Å². The Hall–Kier alpha value is -0.130. The second-order valence-electron chi connectivity index (χ2n) is 4.45. The van der Waals surface area contributed by atoms with Gasteiger partial charge in [-0.2, -0.15) is 0 Å². The van der Waals surface area contributed by atoms with Crippen LogP contribution in [-0.4, -0.2) is 58.1 Å². The zero-order valence-corrected chi connectivity index (χ0v) is 11.8. The average molecular weight is 250 g/mol. The van der Waals surface area contributed by atoms with Crippen molar-refractivity contribution in [3.8, 4) is 0 Å². The van der Waals surface area contributed by atoms with Crippen LogP contribution in [0.15, 0.2) is 0 Å². The molecule has 4 nitrogen and oxygen atoms in total. The van der Waals surface area contributed by atoms with Crippen molar-refractivity contribution in [3.63, 3.8) is 0 Å². The third kappa shape index (κ3) is 9.12. The third-order valence-corrected chi connectivity index (χ3v) is 3.48. The summed E-state index contributed by atoms with van der Waals surface area (Å²) < 4.78 is 22.0. The molecule has 0 aliphatic carbocycles. The molecule has 0 aromatic heterocycles. The highest BCUT2D eigenvalue weighted by Crippen LogP contribution is 1.96. The molecule has 1 N–H and O–H groups in total. The first-order valence-corrected chi connectivity index (χ1v) is 8.04. The van der Waals surface area contributed by atoms with E-state index in [0.29, 0.717) is 12.6 Å². The first-order valence-electron chi connectivity index (χ1n) is 5.98. The largest absolute Gasteiger partial charge is 0.313 e. The molecule has 0 aromatic rings. The molecule has 0 rings (SSSR count). The maximum Gasteiger partial charge on any atom is 0.148 e. The fourth-order valence-corrected chi connectivity index (χ4v) is 2.12. The lowest BCUT2D eigenvalue weighted by Crippen LogP contribution is -2.40.